The number of thiocarbonyl (C=S) groups is 1. The van der Waals surface area contributed by atoms with E-state index in [1.165, 1.54) is 24.3 Å². The third-order valence-electron chi connectivity index (χ3n) is 2.63. The summed E-state index contributed by atoms with van der Waals surface area (Å²) in [5, 5.41) is 6.55. The van der Waals surface area contributed by atoms with Gasteiger partial charge in [-0.25, -0.2) is 8.78 Å². The molecule has 2 N–H and O–H groups in total. The summed E-state index contributed by atoms with van der Waals surface area (Å²) in [7, 11) is 0. The minimum absolute atomic E-state index is 0.327. The van der Waals surface area contributed by atoms with Crippen molar-refractivity contribution in [1.82, 2.24) is 5.32 Å². The number of nitrogens with one attached hydrogen (secondary N) is 2. The van der Waals surface area contributed by atoms with Gasteiger partial charge >= 0.3 is 0 Å². The quantitative estimate of drug-likeness (QED) is 0.730. The second-order valence-corrected chi connectivity index (χ2v) is 5.84. The fourth-order valence-electron chi connectivity index (χ4n) is 1.60. The Morgan fingerprint density at radius 1 is 1.14 bits per heavy atom. The van der Waals surface area contributed by atoms with Crippen LogP contribution in [0.2, 0.25) is 5.02 Å². The lowest BCUT2D eigenvalue weighted by Gasteiger charge is -2.12. The molecular formula is C14H10BrClF2N2S. The van der Waals surface area contributed by atoms with Crippen molar-refractivity contribution in [2.45, 2.75) is 6.54 Å². The van der Waals surface area contributed by atoms with Gasteiger partial charge in [-0.05, 0) is 64.0 Å². The van der Waals surface area contributed by atoms with Crippen LogP contribution in [-0.2, 0) is 6.54 Å². The predicted molar refractivity (Wildman–Crippen MR) is 88.6 cm³/mol. The normalized spacial score (nSPS) is 10.3. The Labute approximate surface area is 139 Å². The Morgan fingerprint density at radius 2 is 1.81 bits per heavy atom. The highest BCUT2D eigenvalue weighted by Gasteiger charge is 2.05. The molecule has 0 heterocycles. The molecule has 110 valence electrons. The molecule has 0 saturated heterocycles. The van der Waals surface area contributed by atoms with E-state index in [-0.39, 0.29) is 11.6 Å². The van der Waals surface area contributed by atoms with Gasteiger partial charge in [-0.3, -0.25) is 0 Å². The first-order chi connectivity index (χ1) is 9.95. The number of benzene rings is 2. The summed E-state index contributed by atoms with van der Waals surface area (Å²) < 4.78 is 26.5. The first-order valence-electron chi connectivity index (χ1n) is 5.89. The second-order valence-electron chi connectivity index (χ2n) is 4.17. The molecule has 0 radical (unpaired) electrons. The molecule has 0 saturated carbocycles. The topological polar surface area (TPSA) is 24.1 Å². The first kappa shape index (κ1) is 16.1. The summed E-state index contributed by atoms with van der Waals surface area (Å²) in [6.45, 7) is 0.351. The van der Waals surface area contributed by atoms with Gasteiger partial charge in [0.15, 0.2) is 5.11 Å². The number of rotatable bonds is 3. The summed E-state index contributed by atoms with van der Waals surface area (Å²) in [5.74, 6) is -0.732. The van der Waals surface area contributed by atoms with Crippen LogP contribution in [0.1, 0.15) is 5.56 Å². The van der Waals surface area contributed by atoms with E-state index in [1.807, 2.05) is 0 Å². The van der Waals surface area contributed by atoms with Gasteiger partial charge < -0.3 is 10.6 Å². The highest BCUT2D eigenvalue weighted by molar-refractivity contribution is 9.10. The monoisotopic (exact) mass is 390 g/mol. The van der Waals surface area contributed by atoms with E-state index in [4.69, 9.17) is 23.8 Å². The Balaban J connectivity index is 1.96. The molecule has 2 aromatic carbocycles. The minimum atomic E-state index is -0.389. The summed E-state index contributed by atoms with van der Waals surface area (Å²) in [4.78, 5) is 0. The van der Waals surface area contributed by atoms with Crippen LogP contribution in [0.15, 0.2) is 40.9 Å². The molecule has 0 spiro atoms. The van der Waals surface area contributed by atoms with Crippen LogP contribution in [0.4, 0.5) is 14.5 Å². The van der Waals surface area contributed by atoms with Gasteiger partial charge in [0.2, 0.25) is 0 Å². The predicted octanol–water partition coefficient (Wildman–Crippen LogP) is 4.87. The molecule has 0 atom stereocenters. The third-order valence-corrected chi connectivity index (χ3v) is 3.89. The molecule has 0 aliphatic carbocycles. The van der Waals surface area contributed by atoms with E-state index >= 15 is 0 Å². The Bertz CT molecular complexity index is 682. The van der Waals surface area contributed by atoms with E-state index in [0.717, 1.165) is 5.56 Å². The van der Waals surface area contributed by atoms with E-state index in [9.17, 15) is 8.78 Å². The zero-order valence-electron chi connectivity index (χ0n) is 10.6. The van der Waals surface area contributed by atoms with Crippen LogP contribution in [0.3, 0.4) is 0 Å². The molecule has 0 aromatic heterocycles. The summed E-state index contributed by atoms with van der Waals surface area (Å²) in [6.07, 6.45) is 0. The van der Waals surface area contributed by atoms with Crippen molar-refractivity contribution in [1.29, 1.82) is 0 Å². The van der Waals surface area contributed by atoms with Crippen molar-refractivity contribution in [3.63, 3.8) is 0 Å². The molecule has 2 aromatic rings. The van der Waals surface area contributed by atoms with Crippen LogP contribution in [-0.4, -0.2) is 5.11 Å². The fourth-order valence-corrected chi connectivity index (χ4v) is 2.46. The van der Waals surface area contributed by atoms with Crippen LogP contribution in [0.5, 0.6) is 0 Å². The van der Waals surface area contributed by atoms with Crippen LogP contribution >= 0.6 is 39.7 Å². The number of halogens is 4. The number of hydrogen-bond donors (Lipinski definition) is 2. The second kappa shape index (κ2) is 7.15. The zero-order valence-corrected chi connectivity index (χ0v) is 13.7. The summed E-state index contributed by atoms with van der Waals surface area (Å²) >= 11 is 14.3. The largest absolute Gasteiger partial charge is 0.358 e. The molecule has 7 heteroatoms. The number of hydrogen-bond acceptors (Lipinski definition) is 1. The molecule has 0 unspecified atom stereocenters. The van der Waals surface area contributed by atoms with Crippen LogP contribution in [0.25, 0.3) is 0 Å². The Morgan fingerprint density at radius 3 is 2.48 bits per heavy atom. The van der Waals surface area contributed by atoms with Crippen molar-refractivity contribution in [3.8, 4) is 0 Å². The van der Waals surface area contributed by atoms with Gasteiger partial charge in [0.1, 0.15) is 11.6 Å². The van der Waals surface area contributed by atoms with Crippen molar-refractivity contribution in [2.24, 2.45) is 0 Å². The van der Waals surface area contributed by atoms with Gasteiger partial charge in [0, 0.05) is 16.0 Å². The summed E-state index contributed by atoms with van der Waals surface area (Å²) in [6, 6.07) is 8.38. The van der Waals surface area contributed by atoms with Crippen molar-refractivity contribution in [3.05, 3.63) is 63.1 Å². The van der Waals surface area contributed by atoms with Gasteiger partial charge in [0.05, 0.1) is 5.69 Å². The minimum Gasteiger partial charge on any atom is -0.358 e. The lowest BCUT2D eigenvalue weighted by atomic mass is 10.2. The Kier molecular flexibility index (Phi) is 5.50. The highest BCUT2D eigenvalue weighted by Crippen LogP contribution is 2.23. The standard InChI is InChI=1S/C14H10BrClF2N2S/c15-11-5-9(17)3-4-13(11)20-14(21)19-7-8-1-2-10(18)6-12(8)16/h1-6H,7H2,(H2,19,20,21). The summed E-state index contributed by atoms with van der Waals surface area (Å²) in [5.41, 5.74) is 1.36. The molecule has 0 bridgehead atoms. The number of anilines is 1. The highest BCUT2D eigenvalue weighted by atomic mass is 79.9. The maximum Gasteiger partial charge on any atom is 0.171 e. The molecule has 21 heavy (non-hydrogen) atoms. The molecule has 0 fully saturated rings. The molecule has 0 amide bonds. The first-order valence-corrected chi connectivity index (χ1v) is 7.47. The SMILES string of the molecule is Fc1ccc(CNC(=S)Nc2ccc(F)cc2Br)c(Cl)c1. The van der Waals surface area contributed by atoms with E-state index < -0.39 is 0 Å². The van der Waals surface area contributed by atoms with Crippen molar-refractivity contribution >= 4 is 50.5 Å². The maximum atomic E-state index is 13.0. The fraction of sp³-hybridized carbons (Fsp3) is 0.0714. The maximum absolute atomic E-state index is 13.0. The molecule has 0 aliphatic rings. The van der Waals surface area contributed by atoms with E-state index in [1.54, 1.807) is 12.1 Å². The molecule has 2 nitrogen and oxygen atoms in total. The lowest BCUT2D eigenvalue weighted by molar-refractivity contribution is 0.626. The lowest BCUT2D eigenvalue weighted by Crippen LogP contribution is -2.28. The van der Waals surface area contributed by atoms with Crippen molar-refractivity contribution < 1.29 is 8.78 Å². The van der Waals surface area contributed by atoms with Crippen LogP contribution < -0.4 is 10.6 Å². The van der Waals surface area contributed by atoms with Gasteiger partial charge in [0.25, 0.3) is 0 Å². The smallest absolute Gasteiger partial charge is 0.171 e. The van der Waals surface area contributed by atoms with Gasteiger partial charge in [-0.2, -0.15) is 0 Å². The van der Waals surface area contributed by atoms with Gasteiger partial charge in [-0.15, -0.1) is 0 Å². The molecular weight excluding hydrogens is 382 g/mol. The zero-order chi connectivity index (χ0) is 15.4. The van der Waals surface area contributed by atoms with Crippen molar-refractivity contribution in [2.75, 3.05) is 5.32 Å². The van der Waals surface area contributed by atoms with E-state index in [2.05, 4.69) is 26.6 Å². The average molecular weight is 392 g/mol. The molecule has 2 rings (SSSR count). The third kappa shape index (κ3) is 4.62. The van der Waals surface area contributed by atoms with E-state index in [0.29, 0.717) is 26.8 Å². The Hall–Kier alpha value is -1.24. The van der Waals surface area contributed by atoms with Gasteiger partial charge in [-0.1, -0.05) is 17.7 Å². The van der Waals surface area contributed by atoms with Crippen LogP contribution in [0, 0.1) is 11.6 Å². The molecule has 0 aliphatic heterocycles. The average Bonchev–Trinajstić information content (AvgIpc) is 2.41.